The predicted molar refractivity (Wildman–Crippen MR) is 69.2 cm³/mol. The van der Waals surface area contributed by atoms with Gasteiger partial charge >= 0.3 is 6.09 Å². The lowest BCUT2D eigenvalue weighted by atomic mass is 10.0. The van der Waals surface area contributed by atoms with Gasteiger partial charge in [-0.05, 0) is 26.3 Å². The molecule has 4 nitrogen and oxygen atoms in total. The van der Waals surface area contributed by atoms with Gasteiger partial charge in [0.05, 0.1) is 14.2 Å². The molecule has 0 aliphatic carbocycles. The Labute approximate surface area is 120 Å². The fraction of sp³-hybridized carbons (Fsp3) is 0.429. The smallest absolute Gasteiger partial charge is 0.408 e. The van der Waals surface area contributed by atoms with Crippen LogP contribution in [0, 0.1) is 0 Å². The van der Waals surface area contributed by atoms with E-state index in [1.807, 2.05) is 0 Å². The van der Waals surface area contributed by atoms with Crippen molar-refractivity contribution in [3.63, 3.8) is 0 Å². The zero-order chi connectivity index (χ0) is 21.5. The summed E-state index contributed by atoms with van der Waals surface area (Å²) in [5.41, 5.74) is -2.06. The maximum absolute atomic E-state index is 12.1. The minimum absolute atomic E-state index is 0.800. The predicted octanol–water partition coefficient (Wildman–Crippen LogP) is 2.84. The largest absolute Gasteiger partial charge is 0.444 e. The molecule has 4 heteroatoms. The Morgan fingerprint density at radius 1 is 1.61 bits per heavy atom. The Morgan fingerprint density at radius 2 is 2.22 bits per heavy atom. The first-order valence-electron chi connectivity index (χ1n) is 9.57. The molecule has 0 spiro atoms. The number of rotatable bonds is 4. The number of amides is 1. The molecule has 18 heavy (non-hydrogen) atoms. The summed E-state index contributed by atoms with van der Waals surface area (Å²) in [6, 6.07) is -7.77. The van der Waals surface area contributed by atoms with Crippen LogP contribution < -0.4 is 5.32 Å². The van der Waals surface area contributed by atoms with Crippen molar-refractivity contribution in [2.45, 2.75) is 38.8 Å². The number of hydrogen-bond acceptors (Lipinski definition) is 3. The van der Waals surface area contributed by atoms with Crippen LogP contribution in [-0.4, -0.2) is 18.0 Å². The fourth-order valence-corrected chi connectivity index (χ4v) is 0.988. The van der Waals surface area contributed by atoms with E-state index in [-0.39, 0.29) is 0 Å². The standard InChI is InChI=1S/C14H19NO3/c1-14(2,3)18-13(17)15-12(9-10-16)11-7-5-4-6-8-11/h4-8,10,12H,9H2,1-3H3,(H,15,17)/t12-/m0/s1/i4D,5D,6D,7D,8D,9D2,10D,12D. The Morgan fingerprint density at radius 3 is 2.72 bits per heavy atom. The summed E-state index contributed by atoms with van der Waals surface area (Å²) in [5.74, 6) is 0. The number of alkyl carbamates (subject to hydrolysis) is 1. The third-order valence-electron chi connectivity index (χ3n) is 1.55. The lowest BCUT2D eigenvalue weighted by molar-refractivity contribution is -0.108. The Hall–Kier alpha value is -1.84. The van der Waals surface area contributed by atoms with Gasteiger partial charge in [-0.3, -0.25) is 0 Å². The van der Waals surface area contributed by atoms with Crippen molar-refractivity contribution < 1.29 is 26.7 Å². The summed E-state index contributed by atoms with van der Waals surface area (Å²) in [4.78, 5) is 23.7. The van der Waals surface area contributed by atoms with Gasteiger partial charge < -0.3 is 14.8 Å². The maximum Gasteiger partial charge on any atom is 0.408 e. The van der Waals surface area contributed by atoms with Crippen LogP contribution in [0.2, 0.25) is 0 Å². The molecule has 1 N–H and O–H groups in total. The van der Waals surface area contributed by atoms with Crippen LogP contribution in [0.3, 0.4) is 0 Å². The van der Waals surface area contributed by atoms with E-state index >= 15 is 0 Å². The van der Waals surface area contributed by atoms with Crippen molar-refractivity contribution in [2.75, 3.05) is 0 Å². The van der Waals surface area contributed by atoms with Gasteiger partial charge in [0.2, 0.25) is 0 Å². The van der Waals surface area contributed by atoms with Gasteiger partial charge in [-0.15, -0.1) is 0 Å². The molecule has 1 aromatic rings. The molecule has 0 bridgehead atoms. The molecule has 1 atom stereocenters. The lowest BCUT2D eigenvalue weighted by Gasteiger charge is -2.23. The molecule has 98 valence electrons. The van der Waals surface area contributed by atoms with Crippen LogP contribution in [0.1, 0.15) is 51.1 Å². The molecule has 0 saturated carbocycles. The first-order chi connectivity index (χ1) is 12.0. The summed E-state index contributed by atoms with van der Waals surface area (Å²) >= 11 is 0. The molecule has 0 heterocycles. The van der Waals surface area contributed by atoms with Gasteiger partial charge in [-0.1, -0.05) is 30.2 Å². The van der Waals surface area contributed by atoms with Gasteiger partial charge in [0.25, 0.3) is 0 Å². The van der Waals surface area contributed by atoms with E-state index in [9.17, 15) is 9.59 Å². The highest BCUT2D eigenvalue weighted by Crippen LogP contribution is 2.16. The Balaban J connectivity index is 3.78. The third kappa shape index (κ3) is 4.99. The summed E-state index contributed by atoms with van der Waals surface area (Å²) in [5, 5.41) is 1.77. The van der Waals surface area contributed by atoms with Crippen molar-refractivity contribution in [1.82, 2.24) is 5.32 Å². The van der Waals surface area contributed by atoms with E-state index in [4.69, 9.17) is 17.1 Å². The number of carbonyl (C=O) groups excluding carboxylic acids is 2. The van der Waals surface area contributed by atoms with Gasteiger partial charge in [0.15, 0.2) is 0 Å². The number of nitrogens with one attached hydrogen (secondary N) is 1. The summed E-state index contributed by atoms with van der Waals surface area (Å²) in [6.07, 6.45) is -6.76. The molecule has 0 radical (unpaired) electrons. The topological polar surface area (TPSA) is 55.4 Å². The van der Waals surface area contributed by atoms with Gasteiger partial charge in [-0.25, -0.2) is 4.79 Å². The molecule has 0 fully saturated rings. The van der Waals surface area contributed by atoms with Crippen molar-refractivity contribution in [1.29, 1.82) is 0 Å². The van der Waals surface area contributed by atoms with E-state index in [0.29, 0.717) is 0 Å². The summed E-state index contributed by atoms with van der Waals surface area (Å²) < 4.78 is 74.8. The van der Waals surface area contributed by atoms with Gasteiger partial charge in [0.1, 0.15) is 13.2 Å². The minimum atomic E-state index is -3.46. The van der Waals surface area contributed by atoms with Crippen LogP contribution in [0.4, 0.5) is 4.79 Å². The van der Waals surface area contributed by atoms with Crippen LogP contribution in [0.5, 0.6) is 0 Å². The van der Waals surface area contributed by atoms with E-state index in [0.717, 1.165) is 0 Å². The molecule has 0 unspecified atom stereocenters. The van der Waals surface area contributed by atoms with Gasteiger partial charge in [0, 0.05) is 9.11 Å². The Kier molecular flexibility index (Phi) is 2.02. The molecule has 0 aliphatic rings. The second-order valence-corrected chi connectivity index (χ2v) is 4.23. The monoisotopic (exact) mass is 258 g/mol. The summed E-state index contributed by atoms with van der Waals surface area (Å²) in [7, 11) is 0. The van der Waals surface area contributed by atoms with Crippen molar-refractivity contribution in [2.24, 2.45) is 0 Å². The second-order valence-electron chi connectivity index (χ2n) is 4.23. The molecule has 0 saturated heterocycles. The fourth-order valence-electron chi connectivity index (χ4n) is 0.988. The molecule has 0 aromatic heterocycles. The molecular weight excluding hydrogens is 230 g/mol. The highest BCUT2D eigenvalue weighted by atomic mass is 16.6. The third-order valence-corrected chi connectivity index (χ3v) is 1.55. The molecule has 1 rings (SSSR count). The molecule has 0 aliphatic heterocycles. The maximum atomic E-state index is 12.1. The Bertz CT molecular complexity index is 762. The van der Waals surface area contributed by atoms with Crippen molar-refractivity contribution in [3.8, 4) is 0 Å². The normalized spacial score (nSPS) is 22.3. The molecular formula is C14H19NO3. The molecule has 1 amide bonds. The SMILES string of the molecule is [2H]C(=O)C([2H])([2H])[C@]([2H])(NC(=O)OC(C)(C)C)c1c([2H])c([2H])c([2H])c([2H])c1[2H]. The number of hydrogen-bond donors (Lipinski definition) is 1. The second kappa shape index (κ2) is 6.19. The quantitative estimate of drug-likeness (QED) is 0.845. The van der Waals surface area contributed by atoms with E-state index < -0.39 is 66.1 Å². The number of carbonyl (C=O) groups is 2. The minimum Gasteiger partial charge on any atom is -0.444 e. The zero-order valence-electron chi connectivity index (χ0n) is 19.2. The first kappa shape index (κ1) is 5.87. The lowest BCUT2D eigenvalue weighted by Crippen LogP contribution is -2.35. The van der Waals surface area contributed by atoms with Crippen LogP contribution >= 0.6 is 0 Å². The highest BCUT2D eigenvalue weighted by Gasteiger charge is 2.20. The van der Waals surface area contributed by atoms with Crippen LogP contribution in [0.15, 0.2) is 30.2 Å². The summed E-state index contributed by atoms with van der Waals surface area (Å²) in [6.45, 7) is 4.44. The number of benzene rings is 1. The number of ether oxygens (including phenoxy) is 1. The van der Waals surface area contributed by atoms with E-state index in [1.165, 1.54) is 20.8 Å². The molecule has 1 aromatic carbocycles. The number of aldehydes is 1. The average molecular weight is 258 g/mol. The van der Waals surface area contributed by atoms with Crippen molar-refractivity contribution in [3.05, 3.63) is 35.8 Å². The first-order valence-corrected chi connectivity index (χ1v) is 5.07. The van der Waals surface area contributed by atoms with Crippen LogP contribution in [0.25, 0.3) is 0 Å². The van der Waals surface area contributed by atoms with Crippen molar-refractivity contribution >= 4 is 12.4 Å². The van der Waals surface area contributed by atoms with E-state index in [2.05, 4.69) is 0 Å². The van der Waals surface area contributed by atoms with Crippen LogP contribution in [-0.2, 0) is 9.53 Å². The highest BCUT2D eigenvalue weighted by molar-refractivity contribution is 5.69. The van der Waals surface area contributed by atoms with E-state index in [1.54, 1.807) is 5.32 Å². The zero-order valence-corrected chi connectivity index (χ0v) is 10.2. The average Bonchev–Trinajstić information content (AvgIpc) is 2.48. The van der Waals surface area contributed by atoms with Gasteiger partial charge in [-0.2, -0.15) is 0 Å².